The van der Waals surface area contributed by atoms with Crippen LogP contribution in [0.15, 0.2) is 103 Å². The van der Waals surface area contributed by atoms with Gasteiger partial charge in [-0.3, -0.25) is 19.6 Å². The first-order valence-corrected chi connectivity index (χ1v) is 20.1. The normalized spacial score (nSPS) is 18.0. The summed E-state index contributed by atoms with van der Waals surface area (Å²) >= 11 is 0. The van der Waals surface area contributed by atoms with Crippen molar-refractivity contribution in [1.29, 1.82) is 0 Å². The van der Waals surface area contributed by atoms with Crippen molar-refractivity contribution in [1.82, 2.24) is 30.4 Å². The number of rotatable bonds is 15. The molecular weight excluding hydrogens is 725 g/mol. The minimum absolute atomic E-state index is 0.0956. The molecule has 10 nitrogen and oxygen atoms in total. The lowest BCUT2D eigenvalue weighted by atomic mass is 9.94. The van der Waals surface area contributed by atoms with E-state index in [-0.39, 0.29) is 17.7 Å². The summed E-state index contributed by atoms with van der Waals surface area (Å²) < 4.78 is 12.0. The number of nitrogens with zero attached hydrogens (tertiary/aromatic N) is 4. The number of carbonyl (C=O) groups excluding carboxylic acids is 2. The summed E-state index contributed by atoms with van der Waals surface area (Å²) in [5, 5.41) is 9.96. The van der Waals surface area contributed by atoms with Gasteiger partial charge in [0.05, 0.1) is 16.6 Å². The molecule has 2 unspecified atom stereocenters. The van der Waals surface area contributed by atoms with Gasteiger partial charge in [-0.05, 0) is 120 Å². The number of nitrogens with one attached hydrogen (secondary N) is 2. The van der Waals surface area contributed by atoms with Crippen LogP contribution in [0.4, 0.5) is 0 Å². The quantitative estimate of drug-likeness (QED) is 0.110. The molecule has 0 bridgehead atoms. The van der Waals surface area contributed by atoms with Gasteiger partial charge in [0, 0.05) is 64.6 Å². The number of hydrogen-bond acceptors (Lipinski definition) is 8. The molecule has 2 saturated carbocycles. The van der Waals surface area contributed by atoms with E-state index in [0.29, 0.717) is 42.3 Å². The molecule has 0 spiro atoms. The highest BCUT2D eigenvalue weighted by Crippen LogP contribution is 2.59. The molecule has 0 saturated heterocycles. The molecule has 2 aliphatic rings. The Kier molecular flexibility index (Phi) is 10.6. The molecule has 298 valence electrons. The van der Waals surface area contributed by atoms with E-state index in [0.717, 1.165) is 75.6 Å². The predicted molar refractivity (Wildman–Crippen MR) is 229 cm³/mol. The first kappa shape index (κ1) is 39.0. The van der Waals surface area contributed by atoms with Crippen LogP contribution in [-0.2, 0) is 11.1 Å². The van der Waals surface area contributed by atoms with Crippen LogP contribution in [0.25, 0.3) is 21.7 Å². The minimum atomic E-state index is -0.730. The number of hydrogen-bond donors (Lipinski definition) is 2. The maximum absolute atomic E-state index is 14.4. The number of likely N-dealkylation sites (N-methyl/N-ethyl adjacent to an activating group) is 2. The predicted octanol–water partition coefficient (Wildman–Crippen LogP) is 7.51. The van der Waals surface area contributed by atoms with Gasteiger partial charge in [-0.25, -0.2) is 0 Å². The first-order valence-electron chi connectivity index (χ1n) is 20.1. The summed E-state index contributed by atoms with van der Waals surface area (Å²) in [6, 6.07) is 30.0. The van der Waals surface area contributed by atoms with Crippen LogP contribution in [0.5, 0.6) is 11.5 Å². The first-order chi connectivity index (χ1) is 28.0. The standard InChI is InChI=1S/C48H52N6O4/c1-31-15-17-35(57-24-22-53(3)4)27-37(31)45(55)51-47(19-20-47)40-13-8-11-34-26-43(50-30-39(34)40)42-29-48(42,41-14-7-10-33-12-9-21-49-44(33)41)52-46(56)38-28-36(18-16-32(38)2)58-25-23-54(5)6/h7-18,21,26-28,30,42H,19-20,22-25,29H2,1-6H3,(H,51,55)(H,52,56). The molecule has 2 aliphatic carbocycles. The van der Waals surface area contributed by atoms with Crippen molar-refractivity contribution in [2.75, 3.05) is 54.5 Å². The Morgan fingerprint density at radius 1 is 0.707 bits per heavy atom. The molecule has 2 heterocycles. The van der Waals surface area contributed by atoms with Gasteiger partial charge >= 0.3 is 0 Å². The molecule has 58 heavy (non-hydrogen) atoms. The molecule has 10 heteroatoms. The van der Waals surface area contributed by atoms with Crippen molar-refractivity contribution >= 4 is 33.5 Å². The van der Waals surface area contributed by atoms with Gasteiger partial charge in [0.2, 0.25) is 0 Å². The second kappa shape index (κ2) is 15.8. The average molecular weight is 777 g/mol. The second-order valence-electron chi connectivity index (χ2n) is 16.5. The fraction of sp³-hybridized carbons (Fsp3) is 0.333. The number of aryl methyl sites for hydroxylation is 2. The third-order valence-electron chi connectivity index (χ3n) is 11.7. The Morgan fingerprint density at radius 3 is 1.91 bits per heavy atom. The summed E-state index contributed by atoms with van der Waals surface area (Å²) in [7, 11) is 8.02. The second-order valence-corrected chi connectivity index (χ2v) is 16.5. The van der Waals surface area contributed by atoms with Gasteiger partial charge in [0.15, 0.2) is 0 Å². The van der Waals surface area contributed by atoms with Crippen molar-refractivity contribution in [3.05, 3.63) is 142 Å². The Morgan fingerprint density at radius 2 is 1.29 bits per heavy atom. The Labute approximate surface area is 340 Å². The van der Waals surface area contributed by atoms with Crippen molar-refractivity contribution in [2.24, 2.45) is 0 Å². The summed E-state index contributed by atoms with van der Waals surface area (Å²) in [6.45, 7) is 6.52. The van der Waals surface area contributed by atoms with Crippen LogP contribution in [0.2, 0.25) is 0 Å². The molecule has 0 aliphatic heterocycles. The Hall–Kier alpha value is -5.84. The van der Waals surface area contributed by atoms with Crippen LogP contribution in [-0.4, -0.2) is 86.1 Å². The maximum atomic E-state index is 14.4. The number of para-hydroxylation sites is 1. The topological polar surface area (TPSA) is 109 Å². The van der Waals surface area contributed by atoms with Crippen LogP contribution in [0.3, 0.4) is 0 Å². The summed E-state index contributed by atoms with van der Waals surface area (Å²) in [6.07, 6.45) is 6.09. The molecule has 2 fully saturated rings. The van der Waals surface area contributed by atoms with E-state index in [1.807, 2.05) is 96.8 Å². The molecule has 2 atom stereocenters. The largest absolute Gasteiger partial charge is 0.492 e. The Balaban J connectivity index is 1.08. The van der Waals surface area contributed by atoms with Gasteiger partial charge in [-0.2, -0.15) is 0 Å². The zero-order valence-electron chi connectivity index (χ0n) is 34.3. The van der Waals surface area contributed by atoms with E-state index in [1.54, 1.807) is 6.20 Å². The van der Waals surface area contributed by atoms with E-state index >= 15 is 0 Å². The highest BCUT2D eigenvalue weighted by Gasteiger charge is 2.59. The van der Waals surface area contributed by atoms with E-state index in [1.165, 1.54) is 0 Å². The number of pyridine rings is 2. The zero-order chi connectivity index (χ0) is 40.6. The molecule has 6 aromatic rings. The number of amides is 2. The molecule has 2 N–H and O–H groups in total. The van der Waals surface area contributed by atoms with E-state index < -0.39 is 11.1 Å². The number of ether oxygens (including phenoxy) is 2. The summed E-state index contributed by atoms with van der Waals surface area (Å²) in [4.78, 5) is 42.3. The highest BCUT2D eigenvalue weighted by molar-refractivity contribution is 5.99. The van der Waals surface area contributed by atoms with Crippen molar-refractivity contribution in [3.63, 3.8) is 0 Å². The SMILES string of the molecule is Cc1ccc(OCCN(C)C)cc1C(=O)NC1(c2cccc3cc(C4CC4(NC(=O)c4cc(OCCN(C)C)ccc4C)c4cccc5cccnc45)ncc23)CC1. The van der Waals surface area contributed by atoms with Crippen molar-refractivity contribution in [2.45, 2.75) is 50.1 Å². The van der Waals surface area contributed by atoms with Gasteiger partial charge in [-0.15, -0.1) is 0 Å². The fourth-order valence-corrected chi connectivity index (χ4v) is 8.09. The lowest BCUT2D eigenvalue weighted by Gasteiger charge is -2.23. The monoisotopic (exact) mass is 776 g/mol. The highest BCUT2D eigenvalue weighted by atomic mass is 16.5. The zero-order valence-corrected chi connectivity index (χ0v) is 34.3. The molecule has 2 amide bonds. The number of benzene rings is 4. The lowest BCUT2D eigenvalue weighted by Crippen LogP contribution is -2.37. The van der Waals surface area contributed by atoms with Crippen LogP contribution in [0, 0.1) is 13.8 Å². The van der Waals surface area contributed by atoms with Crippen LogP contribution < -0.4 is 20.1 Å². The average Bonchev–Trinajstić information content (AvgIpc) is 4.15. The van der Waals surface area contributed by atoms with Gasteiger partial charge in [0.25, 0.3) is 11.8 Å². The van der Waals surface area contributed by atoms with Gasteiger partial charge in [-0.1, -0.05) is 54.6 Å². The Bertz CT molecular complexity index is 2510. The molecular formula is C48H52N6O4. The smallest absolute Gasteiger partial charge is 0.252 e. The van der Waals surface area contributed by atoms with Crippen molar-refractivity contribution < 1.29 is 19.1 Å². The molecule has 0 radical (unpaired) electrons. The number of carbonyl (C=O) groups is 2. The maximum Gasteiger partial charge on any atom is 0.252 e. The van der Waals surface area contributed by atoms with E-state index in [2.05, 4.69) is 62.9 Å². The summed E-state index contributed by atoms with van der Waals surface area (Å²) in [5.74, 6) is 0.973. The van der Waals surface area contributed by atoms with Crippen LogP contribution >= 0.6 is 0 Å². The number of fused-ring (bicyclic) bond motifs is 2. The minimum Gasteiger partial charge on any atom is -0.492 e. The van der Waals surface area contributed by atoms with Gasteiger partial charge < -0.3 is 29.9 Å². The molecule has 4 aromatic carbocycles. The number of aromatic nitrogens is 2. The van der Waals surface area contributed by atoms with Gasteiger partial charge in [0.1, 0.15) is 24.7 Å². The third kappa shape index (κ3) is 7.86. The van der Waals surface area contributed by atoms with E-state index in [9.17, 15) is 9.59 Å². The molecule has 8 rings (SSSR count). The lowest BCUT2D eigenvalue weighted by molar-refractivity contribution is 0.0920. The van der Waals surface area contributed by atoms with E-state index in [4.69, 9.17) is 19.4 Å². The van der Waals surface area contributed by atoms with Crippen molar-refractivity contribution in [3.8, 4) is 11.5 Å². The fourth-order valence-electron chi connectivity index (χ4n) is 8.09. The summed E-state index contributed by atoms with van der Waals surface area (Å²) in [5.41, 5.74) is 5.53. The van der Waals surface area contributed by atoms with Crippen LogP contribution in [0.1, 0.15) is 73.8 Å². The molecule has 2 aromatic heterocycles. The third-order valence-corrected chi connectivity index (χ3v) is 11.7.